The van der Waals surface area contributed by atoms with E-state index in [1.54, 1.807) is 7.11 Å². The van der Waals surface area contributed by atoms with Gasteiger partial charge in [0.25, 0.3) is 0 Å². The van der Waals surface area contributed by atoms with Crippen molar-refractivity contribution in [2.75, 3.05) is 13.7 Å². The van der Waals surface area contributed by atoms with Crippen molar-refractivity contribution in [3.8, 4) is 11.5 Å². The Bertz CT molecular complexity index is 345. The van der Waals surface area contributed by atoms with E-state index in [9.17, 15) is 0 Å². The van der Waals surface area contributed by atoms with Crippen molar-refractivity contribution in [3.05, 3.63) is 23.8 Å². The van der Waals surface area contributed by atoms with Crippen LogP contribution in [0.4, 0.5) is 0 Å². The lowest BCUT2D eigenvalue weighted by molar-refractivity contribution is 0.299. The van der Waals surface area contributed by atoms with Crippen molar-refractivity contribution in [2.24, 2.45) is 0 Å². The number of rotatable bonds is 5. The van der Waals surface area contributed by atoms with Crippen LogP contribution in [0.5, 0.6) is 11.5 Å². The molecule has 1 rings (SSSR count). The lowest BCUT2D eigenvalue weighted by Crippen LogP contribution is -2.29. The van der Waals surface area contributed by atoms with E-state index in [1.807, 2.05) is 18.2 Å². The minimum Gasteiger partial charge on any atom is -0.542 e. The van der Waals surface area contributed by atoms with Crippen molar-refractivity contribution >= 4 is 8.32 Å². The molecule has 0 radical (unpaired) electrons. The Kier molecular flexibility index (Phi) is 4.38. The van der Waals surface area contributed by atoms with Gasteiger partial charge in [-0.1, -0.05) is 6.07 Å². The topological polar surface area (TPSA) is 38.7 Å². The molecule has 0 atom stereocenters. The summed E-state index contributed by atoms with van der Waals surface area (Å²) >= 11 is 0. The van der Waals surface area contributed by atoms with Crippen LogP contribution in [0.25, 0.3) is 0 Å². The van der Waals surface area contributed by atoms with Gasteiger partial charge in [-0.05, 0) is 43.8 Å². The van der Waals surface area contributed by atoms with E-state index in [-0.39, 0.29) is 6.61 Å². The molecule has 0 saturated carbocycles. The number of aliphatic hydroxyl groups excluding tert-OH is 1. The Labute approximate surface area is 98.1 Å². The molecule has 0 spiro atoms. The van der Waals surface area contributed by atoms with E-state index >= 15 is 0 Å². The fraction of sp³-hybridized carbons (Fsp3) is 0.500. The molecule has 0 bridgehead atoms. The van der Waals surface area contributed by atoms with Gasteiger partial charge < -0.3 is 14.3 Å². The zero-order valence-electron chi connectivity index (χ0n) is 10.4. The highest BCUT2D eigenvalue weighted by atomic mass is 28.4. The molecule has 16 heavy (non-hydrogen) atoms. The highest BCUT2D eigenvalue weighted by molar-refractivity contribution is 6.70. The Morgan fingerprint density at radius 3 is 2.38 bits per heavy atom. The summed E-state index contributed by atoms with van der Waals surface area (Å²) in [4.78, 5) is 0. The van der Waals surface area contributed by atoms with E-state index in [1.165, 1.54) is 0 Å². The van der Waals surface area contributed by atoms with Gasteiger partial charge in [0.15, 0.2) is 5.75 Å². The molecule has 0 amide bonds. The molecule has 0 aliphatic rings. The van der Waals surface area contributed by atoms with Crippen LogP contribution in [0.2, 0.25) is 19.6 Å². The largest absolute Gasteiger partial charge is 0.542 e. The average molecular weight is 240 g/mol. The van der Waals surface area contributed by atoms with Crippen molar-refractivity contribution in [1.82, 2.24) is 0 Å². The maximum absolute atomic E-state index is 8.87. The van der Waals surface area contributed by atoms with Gasteiger partial charge in [-0.25, -0.2) is 0 Å². The Hall–Kier alpha value is -1.00. The second-order valence-electron chi connectivity index (χ2n) is 4.67. The summed E-state index contributed by atoms with van der Waals surface area (Å²) in [6, 6.07) is 5.81. The number of hydrogen-bond acceptors (Lipinski definition) is 3. The molecule has 0 aromatic heterocycles. The third kappa shape index (κ3) is 3.87. The standard InChI is InChI=1S/C12H20O3Si/c1-14-12-9-10(7-8-13)5-6-11(12)15-16(2,3)4/h5-6,9,13H,7-8H2,1-4H3. The summed E-state index contributed by atoms with van der Waals surface area (Å²) in [5, 5.41) is 8.87. The first-order valence-corrected chi connectivity index (χ1v) is 8.84. The monoisotopic (exact) mass is 240 g/mol. The summed E-state index contributed by atoms with van der Waals surface area (Å²) in [5.41, 5.74) is 1.06. The molecule has 0 fully saturated rings. The Balaban J connectivity index is 2.93. The number of methoxy groups -OCH3 is 1. The van der Waals surface area contributed by atoms with Gasteiger partial charge in [0.2, 0.25) is 8.32 Å². The van der Waals surface area contributed by atoms with Crippen LogP contribution in [0.1, 0.15) is 5.56 Å². The van der Waals surface area contributed by atoms with E-state index in [0.29, 0.717) is 6.42 Å². The van der Waals surface area contributed by atoms with Crippen molar-refractivity contribution in [2.45, 2.75) is 26.1 Å². The predicted molar refractivity (Wildman–Crippen MR) is 67.8 cm³/mol. The van der Waals surface area contributed by atoms with Gasteiger partial charge in [-0.3, -0.25) is 0 Å². The number of aliphatic hydroxyl groups is 1. The lowest BCUT2D eigenvalue weighted by Gasteiger charge is -2.21. The van der Waals surface area contributed by atoms with Crippen LogP contribution < -0.4 is 9.16 Å². The summed E-state index contributed by atoms with van der Waals surface area (Å²) in [6.45, 7) is 6.55. The normalized spacial score (nSPS) is 11.3. The van der Waals surface area contributed by atoms with Crippen LogP contribution in [-0.2, 0) is 6.42 Å². The van der Waals surface area contributed by atoms with Crippen LogP contribution >= 0.6 is 0 Å². The molecular formula is C12H20O3Si. The van der Waals surface area contributed by atoms with E-state index in [0.717, 1.165) is 17.1 Å². The quantitative estimate of drug-likeness (QED) is 0.803. The molecule has 0 aliphatic heterocycles. The van der Waals surface area contributed by atoms with Crippen molar-refractivity contribution < 1.29 is 14.3 Å². The van der Waals surface area contributed by atoms with Crippen LogP contribution in [0.15, 0.2) is 18.2 Å². The minimum absolute atomic E-state index is 0.150. The summed E-state index contributed by atoms with van der Waals surface area (Å²) in [5.74, 6) is 1.54. The zero-order valence-corrected chi connectivity index (χ0v) is 11.4. The number of benzene rings is 1. The third-order valence-electron chi connectivity index (χ3n) is 2.04. The first-order valence-electron chi connectivity index (χ1n) is 5.43. The van der Waals surface area contributed by atoms with Gasteiger partial charge in [-0.2, -0.15) is 0 Å². The molecule has 90 valence electrons. The van der Waals surface area contributed by atoms with Gasteiger partial charge in [0, 0.05) is 6.61 Å². The number of hydrogen-bond donors (Lipinski definition) is 1. The average Bonchev–Trinajstić information content (AvgIpc) is 2.18. The second kappa shape index (κ2) is 5.36. The maximum Gasteiger partial charge on any atom is 0.242 e. The van der Waals surface area contributed by atoms with Gasteiger partial charge >= 0.3 is 0 Å². The van der Waals surface area contributed by atoms with Crippen LogP contribution in [0.3, 0.4) is 0 Å². The summed E-state index contributed by atoms with van der Waals surface area (Å²) in [7, 11) is 0.0231. The molecule has 3 nitrogen and oxygen atoms in total. The SMILES string of the molecule is COc1cc(CCO)ccc1O[Si](C)(C)C. The summed E-state index contributed by atoms with van der Waals surface area (Å²) < 4.78 is 11.2. The fourth-order valence-electron chi connectivity index (χ4n) is 1.41. The van der Waals surface area contributed by atoms with Gasteiger partial charge in [0.05, 0.1) is 7.11 Å². The lowest BCUT2D eigenvalue weighted by atomic mass is 10.1. The highest BCUT2D eigenvalue weighted by Crippen LogP contribution is 2.30. The first kappa shape index (κ1) is 13.1. The van der Waals surface area contributed by atoms with E-state index < -0.39 is 8.32 Å². The first-order chi connectivity index (χ1) is 7.46. The maximum atomic E-state index is 8.87. The molecule has 0 saturated heterocycles. The Morgan fingerprint density at radius 1 is 1.19 bits per heavy atom. The number of ether oxygens (including phenoxy) is 1. The third-order valence-corrected chi connectivity index (χ3v) is 2.88. The molecule has 1 N–H and O–H groups in total. The fourth-order valence-corrected chi connectivity index (χ4v) is 2.24. The molecular weight excluding hydrogens is 220 g/mol. The van der Waals surface area contributed by atoms with E-state index in [4.69, 9.17) is 14.3 Å². The molecule has 4 heteroatoms. The highest BCUT2D eigenvalue weighted by Gasteiger charge is 2.18. The Morgan fingerprint density at radius 2 is 1.88 bits per heavy atom. The minimum atomic E-state index is -1.61. The summed E-state index contributed by atoms with van der Waals surface area (Å²) in [6.07, 6.45) is 0.642. The molecule has 0 heterocycles. The molecule has 1 aromatic carbocycles. The van der Waals surface area contributed by atoms with Gasteiger partial charge in [0.1, 0.15) is 5.75 Å². The second-order valence-corrected chi connectivity index (χ2v) is 9.10. The molecule has 0 unspecified atom stereocenters. The van der Waals surface area contributed by atoms with Crippen molar-refractivity contribution in [3.63, 3.8) is 0 Å². The smallest absolute Gasteiger partial charge is 0.242 e. The predicted octanol–water partition coefficient (Wildman–Crippen LogP) is 2.44. The molecule has 1 aromatic rings. The van der Waals surface area contributed by atoms with Crippen LogP contribution in [0, 0.1) is 0 Å². The van der Waals surface area contributed by atoms with E-state index in [2.05, 4.69) is 19.6 Å². The molecule has 0 aliphatic carbocycles. The zero-order chi connectivity index (χ0) is 12.2. The van der Waals surface area contributed by atoms with Crippen molar-refractivity contribution in [1.29, 1.82) is 0 Å². The van der Waals surface area contributed by atoms with Crippen LogP contribution in [-0.4, -0.2) is 27.1 Å². The van der Waals surface area contributed by atoms with Gasteiger partial charge in [-0.15, -0.1) is 0 Å².